The SMILES string of the molecule is O=C(N[C@@H]1CO[C@H](Cn2cc(F)c(=O)[nH]c2=O)[C@@H](O)[C@H]1O)c1ccn(C(F)F)n1. The first-order valence-electron chi connectivity index (χ1n) is 8.28. The number of rotatable bonds is 5. The lowest BCUT2D eigenvalue weighted by Gasteiger charge is -2.37. The summed E-state index contributed by atoms with van der Waals surface area (Å²) < 4.78 is 44.8. The Labute approximate surface area is 159 Å². The number of nitrogens with one attached hydrogen (secondary N) is 2. The molecule has 1 aliphatic rings. The van der Waals surface area contributed by atoms with Gasteiger partial charge in [-0.1, -0.05) is 0 Å². The number of aliphatic hydroxyl groups is 2. The monoisotopic (exact) mass is 419 g/mol. The van der Waals surface area contributed by atoms with Crippen LogP contribution in [0.4, 0.5) is 13.2 Å². The van der Waals surface area contributed by atoms with Gasteiger partial charge in [-0.3, -0.25) is 19.1 Å². The number of nitrogens with zero attached hydrogens (tertiary/aromatic N) is 3. The average molecular weight is 419 g/mol. The third kappa shape index (κ3) is 4.38. The van der Waals surface area contributed by atoms with E-state index in [1.54, 1.807) is 4.98 Å². The highest BCUT2D eigenvalue weighted by Gasteiger charge is 2.39. The van der Waals surface area contributed by atoms with E-state index in [-0.39, 0.29) is 23.5 Å². The van der Waals surface area contributed by atoms with Crippen LogP contribution in [-0.2, 0) is 11.3 Å². The summed E-state index contributed by atoms with van der Waals surface area (Å²) in [6.45, 7) is -3.61. The highest BCUT2D eigenvalue weighted by atomic mass is 19.3. The van der Waals surface area contributed by atoms with Gasteiger partial charge in [0.15, 0.2) is 0 Å². The number of alkyl halides is 2. The first kappa shape index (κ1) is 20.8. The number of carbonyl (C=O) groups excluding carboxylic acids is 1. The molecule has 14 heteroatoms. The van der Waals surface area contributed by atoms with E-state index in [4.69, 9.17) is 4.74 Å². The molecule has 2 aromatic rings. The fraction of sp³-hybridized carbons (Fsp3) is 0.467. The fourth-order valence-electron chi connectivity index (χ4n) is 2.79. The van der Waals surface area contributed by atoms with Gasteiger partial charge in [0.25, 0.3) is 11.5 Å². The maximum Gasteiger partial charge on any atom is 0.333 e. The molecule has 0 unspecified atom stereocenters. The zero-order valence-corrected chi connectivity index (χ0v) is 14.5. The average Bonchev–Trinajstić information content (AvgIpc) is 3.16. The molecule has 0 bridgehead atoms. The molecule has 0 aliphatic carbocycles. The van der Waals surface area contributed by atoms with Gasteiger partial charge in [-0.2, -0.15) is 18.3 Å². The van der Waals surface area contributed by atoms with Gasteiger partial charge < -0.3 is 20.3 Å². The van der Waals surface area contributed by atoms with Crippen LogP contribution in [-0.4, -0.2) is 66.4 Å². The summed E-state index contributed by atoms with van der Waals surface area (Å²) >= 11 is 0. The topological polar surface area (TPSA) is 151 Å². The third-order valence-corrected chi connectivity index (χ3v) is 4.33. The van der Waals surface area contributed by atoms with Crippen molar-refractivity contribution in [3.05, 3.63) is 50.8 Å². The lowest BCUT2D eigenvalue weighted by Crippen LogP contribution is -2.60. The van der Waals surface area contributed by atoms with Crippen LogP contribution in [0.5, 0.6) is 0 Å². The van der Waals surface area contributed by atoms with E-state index >= 15 is 0 Å². The molecule has 4 atom stereocenters. The Balaban J connectivity index is 1.65. The van der Waals surface area contributed by atoms with Crippen LogP contribution in [0.3, 0.4) is 0 Å². The van der Waals surface area contributed by atoms with Gasteiger partial charge in [0.2, 0.25) is 5.82 Å². The Bertz CT molecular complexity index is 1000. The van der Waals surface area contributed by atoms with E-state index in [1.165, 1.54) is 0 Å². The second-order valence-electron chi connectivity index (χ2n) is 6.28. The van der Waals surface area contributed by atoms with E-state index in [9.17, 15) is 37.8 Å². The Kier molecular flexibility index (Phi) is 5.86. The molecular formula is C15H16F3N5O6. The van der Waals surface area contributed by atoms with Crippen molar-refractivity contribution in [3.8, 4) is 0 Å². The predicted octanol–water partition coefficient (Wildman–Crippen LogP) is -1.81. The summed E-state index contributed by atoms with van der Waals surface area (Å²) in [4.78, 5) is 36.6. The standard InChI is InChI=1S/C15H16F3N5O6/c16-6-3-22(15(28)20-12(6)26)4-9-11(25)10(24)8(5-29-9)19-13(27)7-1-2-23(21-7)14(17)18/h1-3,8-11,14,24-25H,4-5H2,(H,19,27)(H,20,26,28)/t8-,9-,10+,11-/m1/s1. The zero-order chi connectivity index (χ0) is 21.3. The summed E-state index contributed by atoms with van der Waals surface area (Å²) in [5.74, 6) is -2.09. The molecule has 158 valence electrons. The van der Waals surface area contributed by atoms with Crippen LogP contribution in [0.1, 0.15) is 17.0 Å². The van der Waals surface area contributed by atoms with Crippen LogP contribution < -0.4 is 16.6 Å². The molecule has 11 nitrogen and oxygen atoms in total. The Morgan fingerprint density at radius 2 is 2.10 bits per heavy atom. The number of H-pyrrole nitrogens is 1. The lowest BCUT2D eigenvalue weighted by atomic mass is 9.97. The molecule has 4 N–H and O–H groups in total. The molecule has 0 aromatic carbocycles. The van der Waals surface area contributed by atoms with Crippen molar-refractivity contribution in [2.24, 2.45) is 0 Å². The molecule has 0 spiro atoms. The minimum absolute atomic E-state index is 0.272. The van der Waals surface area contributed by atoms with Crippen LogP contribution in [0.25, 0.3) is 0 Å². The summed E-state index contributed by atoms with van der Waals surface area (Å²) in [6, 6.07) is -0.0528. The maximum atomic E-state index is 13.3. The van der Waals surface area contributed by atoms with Crippen LogP contribution in [0, 0.1) is 5.82 Å². The molecule has 1 aliphatic heterocycles. The summed E-state index contributed by atoms with van der Waals surface area (Å²) in [5, 5.41) is 26.1. The van der Waals surface area contributed by atoms with Gasteiger partial charge in [0.1, 0.15) is 24.0 Å². The van der Waals surface area contributed by atoms with Gasteiger partial charge >= 0.3 is 12.2 Å². The minimum Gasteiger partial charge on any atom is -0.388 e. The van der Waals surface area contributed by atoms with Crippen molar-refractivity contribution >= 4 is 5.91 Å². The summed E-state index contributed by atoms with van der Waals surface area (Å²) in [5.41, 5.74) is -2.47. The number of halogens is 3. The molecule has 3 rings (SSSR count). The molecule has 29 heavy (non-hydrogen) atoms. The highest BCUT2D eigenvalue weighted by molar-refractivity contribution is 5.92. The van der Waals surface area contributed by atoms with Crippen molar-refractivity contribution < 1.29 is 32.9 Å². The molecule has 1 saturated heterocycles. The number of aliphatic hydroxyl groups excluding tert-OH is 2. The second kappa shape index (κ2) is 8.18. The van der Waals surface area contributed by atoms with Crippen LogP contribution >= 0.6 is 0 Å². The van der Waals surface area contributed by atoms with Crippen molar-refractivity contribution in [3.63, 3.8) is 0 Å². The van der Waals surface area contributed by atoms with Crippen LogP contribution in [0.15, 0.2) is 28.0 Å². The third-order valence-electron chi connectivity index (χ3n) is 4.33. The summed E-state index contributed by atoms with van der Waals surface area (Å²) in [7, 11) is 0. The molecule has 3 heterocycles. The molecular weight excluding hydrogens is 403 g/mol. The largest absolute Gasteiger partial charge is 0.388 e. The lowest BCUT2D eigenvalue weighted by molar-refractivity contribution is -0.152. The molecule has 1 amide bonds. The predicted molar refractivity (Wildman–Crippen MR) is 87.8 cm³/mol. The molecule has 1 fully saturated rings. The Morgan fingerprint density at radius 3 is 2.76 bits per heavy atom. The Hall–Kier alpha value is -2.97. The highest BCUT2D eigenvalue weighted by Crippen LogP contribution is 2.17. The molecule has 0 saturated carbocycles. The number of amides is 1. The number of hydrogen-bond donors (Lipinski definition) is 4. The van der Waals surface area contributed by atoms with E-state index < -0.39 is 53.9 Å². The minimum atomic E-state index is -2.93. The number of aromatic amines is 1. The normalized spacial score (nSPS) is 24.6. The van der Waals surface area contributed by atoms with Gasteiger partial charge in [0, 0.05) is 6.20 Å². The van der Waals surface area contributed by atoms with Gasteiger partial charge in [0.05, 0.1) is 25.4 Å². The Morgan fingerprint density at radius 1 is 1.38 bits per heavy atom. The van der Waals surface area contributed by atoms with E-state index in [0.29, 0.717) is 6.20 Å². The number of ether oxygens (including phenoxy) is 1. The van der Waals surface area contributed by atoms with Crippen molar-refractivity contribution in [1.82, 2.24) is 24.6 Å². The second-order valence-corrected chi connectivity index (χ2v) is 6.28. The number of hydrogen-bond acceptors (Lipinski definition) is 7. The van der Waals surface area contributed by atoms with Gasteiger partial charge in [-0.15, -0.1) is 0 Å². The van der Waals surface area contributed by atoms with Crippen molar-refractivity contribution in [2.45, 2.75) is 37.4 Å². The van der Waals surface area contributed by atoms with Gasteiger partial charge in [-0.05, 0) is 6.07 Å². The van der Waals surface area contributed by atoms with Crippen molar-refractivity contribution in [2.75, 3.05) is 6.61 Å². The quantitative estimate of drug-likeness (QED) is 0.446. The molecule has 0 radical (unpaired) electrons. The first-order chi connectivity index (χ1) is 13.7. The number of carbonyl (C=O) groups is 1. The van der Waals surface area contributed by atoms with E-state index in [0.717, 1.165) is 16.8 Å². The smallest absolute Gasteiger partial charge is 0.333 e. The van der Waals surface area contributed by atoms with Gasteiger partial charge in [-0.25, -0.2) is 9.48 Å². The fourth-order valence-corrected chi connectivity index (χ4v) is 2.79. The molecule has 2 aromatic heterocycles. The van der Waals surface area contributed by atoms with E-state index in [1.807, 2.05) is 0 Å². The van der Waals surface area contributed by atoms with E-state index in [2.05, 4.69) is 10.4 Å². The number of aromatic nitrogens is 4. The first-order valence-corrected chi connectivity index (χ1v) is 8.28. The summed E-state index contributed by atoms with van der Waals surface area (Å²) in [6.07, 6.45) is -2.75. The maximum absolute atomic E-state index is 13.3. The zero-order valence-electron chi connectivity index (χ0n) is 14.5. The van der Waals surface area contributed by atoms with Crippen molar-refractivity contribution in [1.29, 1.82) is 0 Å². The van der Waals surface area contributed by atoms with Crippen LogP contribution in [0.2, 0.25) is 0 Å².